The van der Waals surface area contributed by atoms with Gasteiger partial charge in [0.05, 0.1) is 4.47 Å². The van der Waals surface area contributed by atoms with Gasteiger partial charge in [0.2, 0.25) is 11.8 Å². The molecule has 0 radical (unpaired) electrons. The van der Waals surface area contributed by atoms with E-state index in [4.69, 9.17) is 10.5 Å². The molecular weight excluding hydrogens is 350 g/mol. The van der Waals surface area contributed by atoms with E-state index in [-0.39, 0.29) is 5.95 Å². The Morgan fingerprint density at radius 2 is 2.06 bits per heavy atom. The average Bonchev–Trinajstić information content (AvgIpc) is 2.27. The first kappa shape index (κ1) is 12.3. The van der Waals surface area contributed by atoms with Crippen molar-refractivity contribution in [2.75, 3.05) is 5.73 Å². The Morgan fingerprint density at radius 1 is 1.29 bits per heavy atom. The molecule has 0 aliphatic rings. The Kier molecular flexibility index (Phi) is 3.63. The lowest BCUT2D eigenvalue weighted by Gasteiger charge is -2.09. The smallest absolute Gasteiger partial charge is 0.227 e. The standard InChI is InChI=1S/C11H9Br2N3O/c1-6-5-15-11(14)16-10(6)17-9-3-2-7(12)4-8(9)13/h2-5H,1H3,(H2,14,15,16). The fourth-order valence-electron chi connectivity index (χ4n) is 1.20. The molecule has 0 aliphatic carbocycles. The first-order valence-corrected chi connectivity index (χ1v) is 6.37. The maximum absolute atomic E-state index is 5.68. The van der Waals surface area contributed by atoms with Crippen molar-refractivity contribution in [3.63, 3.8) is 0 Å². The van der Waals surface area contributed by atoms with Gasteiger partial charge in [-0.2, -0.15) is 4.98 Å². The molecule has 2 N–H and O–H groups in total. The molecule has 0 amide bonds. The molecule has 0 unspecified atom stereocenters. The summed E-state index contributed by atoms with van der Waals surface area (Å²) in [6.07, 6.45) is 1.63. The van der Waals surface area contributed by atoms with Crippen LogP contribution in [0.15, 0.2) is 33.3 Å². The molecule has 0 saturated heterocycles. The predicted octanol–water partition coefficient (Wildman–Crippen LogP) is 3.68. The third-order valence-corrected chi connectivity index (χ3v) is 3.16. The molecule has 6 heteroatoms. The Hall–Kier alpha value is -1.14. The zero-order valence-electron chi connectivity index (χ0n) is 8.95. The minimum absolute atomic E-state index is 0.193. The van der Waals surface area contributed by atoms with Crippen molar-refractivity contribution < 1.29 is 4.74 Å². The number of anilines is 1. The summed E-state index contributed by atoms with van der Waals surface area (Å²) in [6, 6.07) is 5.63. The van der Waals surface area contributed by atoms with E-state index >= 15 is 0 Å². The predicted molar refractivity (Wildman–Crippen MR) is 73.1 cm³/mol. The first-order chi connectivity index (χ1) is 8.06. The number of nitrogens with zero attached hydrogens (tertiary/aromatic N) is 2. The van der Waals surface area contributed by atoms with E-state index in [0.717, 1.165) is 14.5 Å². The molecule has 1 aromatic carbocycles. The van der Waals surface area contributed by atoms with E-state index in [1.54, 1.807) is 6.20 Å². The number of benzene rings is 1. The van der Waals surface area contributed by atoms with Crippen LogP contribution in [-0.2, 0) is 0 Å². The monoisotopic (exact) mass is 357 g/mol. The molecule has 0 fully saturated rings. The van der Waals surface area contributed by atoms with Crippen molar-refractivity contribution in [1.82, 2.24) is 9.97 Å². The van der Waals surface area contributed by atoms with Crippen LogP contribution in [0.5, 0.6) is 11.6 Å². The van der Waals surface area contributed by atoms with Gasteiger partial charge in [-0.3, -0.25) is 0 Å². The number of hydrogen-bond acceptors (Lipinski definition) is 4. The van der Waals surface area contributed by atoms with Crippen molar-refractivity contribution in [3.05, 3.63) is 38.9 Å². The molecule has 0 saturated carbocycles. The molecule has 0 spiro atoms. The summed E-state index contributed by atoms with van der Waals surface area (Å²) in [5.74, 6) is 1.33. The fraction of sp³-hybridized carbons (Fsp3) is 0.0909. The van der Waals surface area contributed by atoms with Crippen LogP contribution in [0.3, 0.4) is 0 Å². The van der Waals surface area contributed by atoms with E-state index in [1.165, 1.54) is 0 Å². The Morgan fingerprint density at radius 3 is 2.76 bits per heavy atom. The molecule has 17 heavy (non-hydrogen) atoms. The lowest BCUT2D eigenvalue weighted by Crippen LogP contribution is -1.99. The normalized spacial score (nSPS) is 10.3. The number of nitrogen functional groups attached to an aromatic ring is 1. The van der Waals surface area contributed by atoms with Gasteiger partial charge in [-0.25, -0.2) is 4.98 Å². The Balaban J connectivity index is 2.34. The number of halogens is 2. The summed E-state index contributed by atoms with van der Waals surface area (Å²) in [6.45, 7) is 1.86. The number of nitrogens with two attached hydrogens (primary N) is 1. The molecule has 1 aromatic heterocycles. The highest BCUT2D eigenvalue weighted by Gasteiger charge is 2.08. The first-order valence-electron chi connectivity index (χ1n) is 4.78. The van der Waals surface area contributed by atoms with Crippen LogP contribution in [-0.4, -0.2) is 9.97 Å². The van der Waals surface area contributed by atoms with Gasteiger partial charge >= 0.3 is 0 Å². The number of ether oxygens (including phenoxy) is 1. The van der Waals surface area contributed by atoms with Gasteiger partial charge < -0.3 is 10.5 Å². The maximum Gasteiger partial charge on any atom is 0.227 e. The van der Waals surface area contributed by atoms with Gasteiger partial charge in [0.1, 0.15) is 5.75 Å². The molecule has 1 heterocycles. The quantitative estimate of drug-likeness (QED) is 0.889. The molecule has 2 rings (SSSR count). The summed E-state index contributed by atoms with van der Waals surface area (Å²) < 4.78 is 7.48. The van der Waals surface area contributed by atoms with Crippen molar-refractivity contribution in [3.8, 4) is 11.6 Å². The fourth-order valence-corrected chi connectivity index (χ4v) is 2.33. The van der Waals surface area contributed by atoms with E-state index in [0.29, 0.717) is 11.6 Å². The second kappa shape index (κ2) is 5.01. The molecular formula is C11H9Br2N3O. The second-order valence-electron chi connectivity index (χ2n) is 3.39. The number of aromatic nitrogens is 2. The number of aryl methyl sites for hydroxylation is 1. The van der Waals surface area contributed by atoms with Crippen LogP contribution in [0.4, 0.5) is 5.95 Å². The summed E-state index contributed by atoms with van der Waals surface area (Å²) in [4.78, 5) is 7.93. The molecule has 88 valence electrons. The van der Waals surface area contributed by atoms with E-state index < -0.39 is 0 Å². The molecule has 0 bridgehead atoms. The maximum atomic E-state index is 5.68. The van der Waals surface area contributed by atoms with Crippen molar-refractivity contribution in [2.45, 2.75) is 6.92 Å². The second-order valence-corrected chi connectivity index (χ2v) is 5.16. The zero-order valence-corrected chi connectivity index (χ0v) is 12.1. The van der Waals surface area contributed by atoms with Gasteiger partial charge in [0, 0.05) is 16.2 Å². The number of rotatable bonds is 2. The molecule has 4 nitrogen and oxygen atoms in total. The number of hydrogen-bond donors (Lipinski definition) is 1. The highest BCUT2D eigenvalue weighted by molar-refractivity contribution is 9.11. The minimum Gasteiger partial charge on any atom is -0.437 e. The van der Waals surface area contributed by atoms with Crippen LogP contribution >= 0.6 is 31.9 Å². The third-order valence-electron chi connectivity index (χ3n) is 2.04. The van der Waals surface area contributed by atoms with Crippen LogP contribution in [0, 0.1) is 6.92 Å². The summed E-state index contributed by atoms with van der Waals surface area (Å²) in [5, 5.41) is 0. The molecule has 0 atom stereocenters. The van der Waals surface area contributed by atoms with Crippen LogP contribution in [0.25, 0.3) is 0 Å². The zero-order chi connectivity index (χ0) is 12.4. The van der Waals surface area contributed by atoms with E-state index in [2.05, 4.69) is 41.8 Å². The average molecular weight is 359 g/mol. The largest absolute Gasteiger partial charge is 0.437 e. The van der Waals surface area contributed by atoms with Crippen LogP contribution < -0.4 is 10.5 Å². The third kappa shape index (κ3) is 2.95. The van der Waals surface area contributed by atoms with Crippen molar-refractivity contribution in [1.29, 1.82) is 0 Å². The van der Waals surface area contributed by atoms with Gasteiger partial charge in [-0.05, 0) is 41.1 Å². The van der Waals surface area contributed by atoms with Crippen LogP contribution in [0.1, 0.15) is 5.56 Å². The van der Waals surface area contributed by atoms with E-state index in [9.17, 15) is 0 Å². The van der Waals surface area contributed by atoms with Crippen molar-refractivity contribution >= 4 is 37.8 Å². The Labute approximate surface area is 115 Å². The van der Waals surface area contributed by atoms with Gasteiger partial charge in [-0.1, -0.05) is 15.9 Å². The molecule has 2 aromatic rings. The lowest BCUT2D eigenvalue weighted by molar-refractivity contribution is 0.455. The summed E-state index contributed by atoms with van der Waals surface area (Å²) >= 11 is 6.79. The highest BCUT2D eigenvalue weighted by Crippen LogP contribution is 2.32. The van der Waals surface area contributed by atoms with Crippen molar-refractivity contribution in [2.24, 2.45) is 0 Å². The summed E-state index contributed by atoms with van der Waals surface area (Å²) in [7, 11) is 0. The minimum atomic E-state index is 0.193. The van der Waals surface area contributed by atoms with E-state index in [1.807, 2.05) is 25.1 Å². The van der Waals surface area contributed by atoms with Crippen LogP contribution in [0.2, 0.25) is 0 Å². The van der Waals surface area contributed by atoms with Gasteiger partial charge in [-0.15, -0.1) is 0 Å². The lowest BCUT2D eigenvalue weighted by atomic mass is 10.3. The highest BCUT2D eigenvalue weighted by atomic mass is 79.9. The molecule has 0 aliphatic heterocycles. The Bertz CT molecular complexity index is 560. The van der Waals surface area contributed by atoms with Gasteiger partial charge in [0.15, 0.2) is 0 Å². The topological polar surface area (TPSA) is 61.0 Å². The van der Waals surface area contributed by atoms with Gasteiger partial charge in [0.25, 0.3) is 0 Å². The SMILES string of the molecule is Cc1cnc(N)nc1Oc1ccc(Br)cc1Br. The summed E-state index contributed by atoms with van der Waals surface area (Å²) in [5.41, 5.74) is 6.35.